The maximum Gasteiger partial charge on any atom is 0.253 e. The van der Waals surface area contributed by atoms with Crippen molar-refractivity contribution < 1.29 is 22.8 Å². The molecule has 0 fully saturated rings. The van der Waals surface area contributed by atoms with E-state index in [0.29, 0.717) is 43.0 Å². The van der Waals surface area contributed by atoms with Crippen molar-refractivity contribution in [1.29, 1.82) is 0 Å². The monoisotopic (exact) mass is 609 g/mol. The van der Waals surface area contributed by atoms with Crippen LogP contribution in [-0.4, -0.2) is 64.9 Å². The minimum Gasteiger partial charge on any atom is -0.344 e. The summed E-state index contributed by atoms with van der Waals surface area (Å²) in [5, 5.41) is 15.9. The molecule has 3 amide bonds. The lowest BCUT2D eigenvalue weighted by atomic mass is 9.97. The summed E-state index contributed by atoms with van der Waals surface area (Å²) in [4.78, 5) is 46.4. The molecule has 43 heavy (non-hydrogen) atoms. The van der Waals surface area contributed by atoms with Crippen LogP contribution in [0, 0.1) is 12.8 Å². The summed E-state index contributed by atoms with van der Waals surface area (Å²) in [5.41, 5.74) is 1.28. The van der Waals surface area contributed by atoms with Gasteiger partial charge in [-0.05, 0) is 55.5 Å². The van der Waals surface area contributed by atoms with Gasteiger partial charge in [-0.25, -0.2) is 23.2 Å². The number of aryl methyl sites for hydroxylation is 1. The summed E-state index contributed by atoms with van der Waals surface area (Å²) in [6.07, 6.45) is 1.62. The van der Waals surface area contributed by atoms with Crippen LogP contribution in [-0.2, 0) is 32.6 Å². The third-order valence-corrected chi connectivity index (χ3v) is 8.59. The number of benzene rings is 2. The number of amides is 3. The van der Waals surface area contributed by atoms with E-state index >= 15 is 0 Å². The summed E-state index contributed by atoms with van der Waals surface area (Å²) < 4.78 is 25.1. The lowest BCUT2D eigenvalue weighted by Crippen LogP contribution is -2.51. The highest BCUT2D eigenvalue weighted by molar-refractivity contribution is 7.89. The molecule has 0 spiro atoms. The van der Waals surface area contributed by atoms with Crippen LogP contribution in [0.5, 0.6) is 0 Å². The molecule has 1 aromatic heterocycles. The number of nitrogens with two attached hydrogens (primary N) is 1. The average Bonchev–Trinajstić information content (AvgIpc) is 3.36. The topological polar surface area (TPSA) is 169 Å². The summed E-state index contributed by atoms with van der Waals surface area (Å²) >= 11 is 0. The lowest BCUT2D eigenvalue weighted by Gasteiger charge is -2.28. The molecule has 0 saturated heterocycles. The Balaban J connectivity index is 1.69. The van der Waals surface area contributed by atoms with Crippen molar-refractivity contribution in [2.24, 2.45) is 11.1 Å². The van der Waals surface area contributed by atoms with Gasteiger partial charge in [0.05, 0.1) is 17.5 Å². The molecule has 3 aromatic rings. The van der Waals surface area contributed by atoms with Crippen molar-refractivity contribution in [3.8, 4) is 0 Å². The molecule has 4 N–H and O–H groups in total. The van der Waals surface area contributed by atoms with Gasteiger partial charge in [-0.15, -0.1) is 0 Å². The highest BCUT2D eigenvalue weighted by Crippen LogP contribution is 2.20. The van der Waals surface area contributed by atoms with E-state index in [0.717, 1.165) is 5.56 Å². The highest BCUT2D eigenvalue weighted by Gasteiger charge is 2.31. The lowest BCUT2D eigenvalue weighted by molar-refractivity contribution is -0.130. The van der Waals surface area contributed by atoms with Crippen molar-refractivity contribution in [3.63, 3.8) is 0 Å². The maximum absolute atomic E-state index is 13.6. The van der Waals surface area contributed by atoms with Crippen LogP contribution in [0.25, 0.3) is 0 Å². The zero-order chi connectivity index (χ0) is 31.1. The molecule has 12 nitrogen and oxygen atoms in total. The molecule has 0 bridgehead atoms. The fourth-order valence-corrected chi connectivity index (χ4v) is 5.61. The number of rotatable bonds is 6. The predicted molar refractivity (Wildman–Crippen MR) is 160 cm³/mol. The Hall–Kier alpha value is -4.10. The summed E-state index contributed by atoms with van der Waals surface area (Å²) in [7, 11) is -3.90. The molecule has 0 saturated carbocycles. The summed E-state index contributed by atoms with van der Waals surface area (Å²) in [5.74, 6) is 0.0696. The number of nitrogens with zero attached hydrogens (tertiary/aromatic N) is 4. The first kappa shape index (κ1) is 31.8. The number of hydrogen-bond acceptors (Lipinski definition) is 7. The number of carbonyl (C=O) groups is 3. The fraction of sp³-hybridized carbons (Fsp3) is 0.433. The molecule has 0 radical (unpaired) electrons. The van der Waals surface area contributed by atoms with E-state index in [9.17, 15) is 22.8 Å². The smallest absolute Gasteiger partial charge is 0.253 e. The SMILES string of the molecule is CC[C@H](C)[C@@H]1NC(=O)CCCN(C(=O)c2ccc(S(N)(=O)=O)cc2)CCn2nc(C)nc2[C@H](Cc2ccccc2)NC1=O. The number of aromatic nitrogens is 3. The van der Waals surface area contributed by atoms with Crippen molar-refractivity contribution in [1.82, 2.24) is 30.3 Å². The van der Waals surface area contributed by atoms with E-state index in [1.807, 2.05) is 44.2 Å². The Bertz CT molecular complexity index is 1540. The first-order valence-corrected chi connectivity index (χ1v) is 16.0. The minimum atomic E-state index is -3.90. The van der Waals surface area contributed by atoms with E-state index in [4.69, 9.17) is 5.14 Å². The molecule has 13 heteroatoms. The first-order valence-electron chi connectivity index (χ1n) is 14.4. The van der Waals surface area contributed by atoms with Gasteiger partial charge in [-0.2, -0.15) is 5.10 Å². The highest BCUT2D eigenvalue weighted by atomic mass is 32.2. The molecule has 0 aliphatic carbocycles. The van der Waals surface area contributed by atoms with Gasteiger partial charge in [0.2, 0.25) is 21.8 Å². The number of hydrogen-bond donors (Lipinski definition) is 3. The number of primary sulfonamides is 1. The van der Waals surface area contributed by atoms with Crippen LogP contribution in [0.4, 0.5) is 0 Å². The molecule has 1 aliphatic rings. The van der Waals surface area contributed by atoms with E-state index in [1.165, 1.54) is 24.3 Å². The largest absolute Gasteiger partial charge is 0.344 e. The third-order valence-electron chi connectivity index (χ3n) is 7.66. The second kappa shape index (κ2) is 13.9. The van der Waals surface area contributed by atoms with Gasteiger partial charge in [-0.1, -0.05) is 50.6 Å². The number of fused-ring (bicyclic) bond motifs is 1. The van der Waals surface area contributed by atoms with Gasteiger partial charge < -0.3 is 15.5 Å². The Morgan fingerprint density at radius 3 is 2.40 bits per heavy atom. The quantitative estimate of drug-likeness (QED) is 0.384. The van der Waals surface area contributed by atoms with Gasteiger partial charge in [0.1, 0.15) is 17.7 Å². The number of carbonyl (C=O) groups excluding carboxylic acids is 3. The van der Waals surface area contributed by atoms with Gasteiger partial charge in [-0.3, -0.25) is 14.4 Å². The van der Waals surface area contributed by atoms with Gasteiger partial charge >= 0.3 is 0 Å². The Morgan fingerprint density at radius 1 is 1.05 bits per heavy atom. The van der Waals surface area contributed by atoms with Crippen molar-refractivity contribution in [2.75, 3.05) is 13.1 Å². The molecule has 1 aliphatic heterocycles. The molecule has 2 aromatic carbocycles. The molecule has 2 heterocycles. The van der Waals surface area contributed by atoms with Crippen LogP contribution < -0.4 is 15.8 Å². The number of nitrogens with one attached hydrogen (secondary N) is 2. The predicted octanol–water partition coefficient (Wildman–Crippen LogP) is 2.10. The molecule has 230 valence electrons. The maximum atomic E-state index is 13.6. The minimum absolute atomic E-state index is 0.0909. The summed E-state index contributed by atoms with van der Waals surface area (Å²) in [6, 6.07) is 13.9. The zero-order valence-electron chi connectivity index (χ0n) is 24.7. The zero-order valence-corrected chi connectivity index (χ0v) is 25.5. The van der Waals surface area contributed by atoms with Crippen LogP contribution in [0.15, 0.2) is 59.5 Å². The van der Waals surface area contributed by atoms with Crippen LogP contribution in [0.2, 0.25) is 0 Å². The van der Waals surface area contributed by atoms with E-state index in [1.54, 1.807) is 16.5 Å². The Morgan fingerprint density at radius 2 is 1.74 bits per heavy atom. The van der Waals surface area contributed by atoms with Gasteiger partial charge in [0, 0.05) is 25.1 Å². The van der Waals surface area contributed by atoms with Crippen molar-refractivity contribution in [2.45, 2.75) is 70.0 Å². The Kier molecular flexibility index (Phi) is 10.3. The van der Waals surface area contributed by atoms with E-state index in [-0.39, 0.29) is 48.0 Å². The standard InChI is InChI=1S/C30H39N7O5S/c1-4-20(2)27-29(39)33-25(19-22-9-6-5-7-10-22)28-32-21(3)35-37(28)18-17-36(16-8-11-26(38)34-27)30(40)23-12-14-24(15-13-23)43(31,41)42/h5-7,9-10,12-15,20,25,27H,4,8,11,16-19H2,1-3H3,(H,33,39)(H,34,38)(H2,31,41,42)/t20-,25-,27-/m0/s1. The van der Waals surface area contributed by atoms with Gasteiger partial charge in [0.15, 0.2) is 0 Å². The molecule has 0 unspecified atom stereocenters. The fourth-order valence-electron chi connectivity index (χ4n) is 5.09. The van der Waals surface area contributed by atoms with E-state index < -0.39 is 22.1 Å². The van der Waals surface area contributed by atoms with Gasteiger partial charge in [0.25, 0.3) is 5.91 Å². The van der Waals surface area contributed by atoms with Crippen LogP contribution >= 0.6 is 0 Å². The van der Waals surface area contributed by atoms with Crippen molar-refractivity contribution >= 4 is 27.7 Å². The molecular weight excluding hydrogens is 570 g/mol. The third kappa shape index (κ3) is 8.26. The van der Waals surface area contributed by atoms with Crippen LogP contribution in [0.3, 0.4) is 0 Å². The molecule has 4 rings (SSSR count). The van der Waals surface area contributed by atoms with Crippen molar-refractivity contribution in [3.05, 3.63) is 77.4 Å². The normalized spacial score (nSPS) is 19.5. The molecule has 3 atom stereocenters. The van der Waals surface area contributed by atoms with E-state index in [2.05, 4.69) is 20.7 Å². The first-order chi connectivity index (χ1) is 20.5. The Labute approximate surface area is 252 Å². The average molecular weight is 610 g/mol. The molecular formula is C30H39N7O5S. The summed E-state index contributed by atoms with van der Waals surface area (Å²) in [6.45, 7) is 6.46. The van der Waals surface area contributed by atoms with Crippen LogP contribution in [0.1, 0.15) is 66.7 Å². The number of sulfonamides is 1. The second-order valence-corrected chi connectivity index (χ2v) is 12.4. The second-order valence-electron chi connectivity index (χ2n) is 10.9.